The lowest BCUT2D eigenvalue weighted by molar-refractivity contribution is 0.112. The minimum Gasteiger partial charge on any atom is -0.298 e. The molecule has 2 aromatic heterocycles. The van der Waals surface area contributed by atoms with Crippen LogP contribution >= 0.6 is 22.9 Å². The maximum atomic E-state index is 11.2. The summed E-state index contributed by atoms with van der Waals surface area (Å²) in [7, 11) is 0. The molecule has 0 aliphatic heterocycles. The van der Waals surface area contributed by atoms with Crippen LogP contribution in [0.4, 0.5) is 0 Å². The zero-order valence-corrected chi connectivity index (χ0v) is 11.4. The maximum absolute atomic E-state index is 11.2. The van der Waals surface area contributed by atoms with Crippen molar-refractivity contribution in [2.45, 2.75) is 0 Å². The van der Waals surface area contributed by atoms with Crippen molar-refractivity contribution >= 4 is 29.2 Å². The van der Waals surface area contributed by atoms with E-state index in [9.17, 15) is 4.79 Å². The van der Waals surface area contributed by atoms with E-state index >= 15 is 0 Å². The molecule has 94 valence electrons. The second-order valence-electron chi connectivity index (χ2n) is 3.97. The van der Waals surface area contributed by atoms with Gasteiger partial charge in [0.05, 0.1) is 15.6 Å². The Morgan fingerprint density at radius 2 is 2.05 bits per heavy atom. The average molecular weight is 289 g/mol. The fourth-order valence-electron chi connectivity index (χ4n) is 1.85. The molecule has 0 saturated carbocycles. The smallest absolute Gasteiger partial charge is 0.153 e. The lowest BCUT2D eigenvalue weighted by Gasteiger charge is -1.99. The normalized spacial score (nSPS) is 10.6. The van der Waals surface area contributed by atoms with Crippen LogP contribution < -0.4 is 0 Å². The van der Waals surface area contributed by atoms with Crippen molar-refractivity contribution in [2.75, 3.05) is 0 Å². The number of hydrogen-bond acceptors (Lipinski definition) is 3. The van der Waals surface area contributed by atoms with Gasteiger partial charge in [-0.1, -0.05) is 29.8 Å². The summed E-state index contributed by atoms with van der Waals surface area (Å²) in [5.74, 6) is 0. The zero-order chi connectivity index (χ0) is 13.2. The quantitative estimate of drug-likeness (QED) is 0.681. The number of para-hydroxylation sites is 1. The van der Waals surface area contributed by atoms with Gasteiger partial charge in [0.2, 0.25) is 0 Å². The molecular weight excluding hydrogens is 280 g/mol. The molecule has 0 radical (unpaired) electrons. The minimum absolute atomic E-state index is 0.554. The summed E-state index contributed by atoms with van der Waals surface area (Å²) in [6, 6.07) is 11.5. The Morgan fingerprint density at radius 3 is 2.68 bits per heavy atom. The Kier molecular flexibility index (Phi) is 3.19. The highest BCUT2D eigenvalue weighted by atomic mass is 35.5. The number of aromatic nitrogens is 2. The highest BCUT2D eigenvalue weighted by Crippen LogP contribution is 2.29. The number of carbonyl (C=O) groups is 1. The van der Waals surface area contributed by atoms with E-state index in [-0.39, 0.29) is 0 Å². The molecule has 0 atom stereocenters. The third-order valence-electron chi connectivity index (χ3n) is 2.73. The van der Waals surface area contributed by atoms with Gasteiger partial charge in [-0.3, -0.25) is 4.79 Å². The van der Waals surface area contributed by atoms with E-state index in [2.05, 4.69) is 5.10 Å². The van der Waals surface area contributed by atoms with Gasteiger partial charge in [0.15, 0.2) is 6.29 Å². The summed E-state index contributed by atoms with van der Waals surface area (Å²) >= 11 is 7.35. The van der Waals surface area contributed by atoms with Gasteiger partial charge in [-0.05, 0) is 18.2 Å². The average Bonchev–Trinajstić information content (AvgIpc) is 3.05. The summed E-state index contributed by atoms with van der Waals surface area (Å²) in [5, 5.41) is 6.36. The van der Waals surface area contributed by atoms with Gasteiger partial charge in [-0.25, -0.2) is 4.68 Å². The molecule has 3 nitrogen and oxygen atoms in total. The van der Waals surface area contributed by atoms with Gasteiger partial charge in [0.1, 0.15) is 5.69 Å². The molecule has 0 fully saturated rings. The second-order valence-corrected chi connectivity index (χ2v) is 5.51. The molecule has 2 heterocycles. The molecule has 0 aliphatic rings. The molecule has 0 amide bonds. The lowest BCUT2D eigenvalue weighted by Crippen LogP contribution is -1.93. The highest BCUT2D eigenvalue weighted by molar-refractivity contribution is 7.14. The van der Waals surface area contributed by atoms with Crippen LogP contribution in [0.25, 0.3) is 16.9 Å². The summed E-state index contributed by atoms with van der Waals surface area (Å²) in [6.45, 7) is 0. The number of thiophene rings is 1. The van der Waals surface area contributed by atoms with E-state index < -0.39 is 0 Å². The number of aldehydes is 1. The zero-order valence-electron chi connectivity index (χ0n) is 9.79. The van der Waals surface area contributed by atoms with Crippen LogP contribution in [0.2, 0.25) is 4.34 Å². The van der Waals surface area contributed by atoms with E-state index in [0.29, 0.717) is 15.6 Å². The lowest BCUT2D eigenvalue weighted by atomic mass is 10.2. The van der Waals surface area contributed by atoms with Crippen LogP contribution in [-0.2, 0) is 0 Å². The Morgan fingerprint density at radius 1 is 1.26 bits per heavy atom. The predicted octanol–water partition coefficient (Wildman–Crippen LogP) is 4.07. The van der Waals surface area contributed by atoms with Crippen molar-refractivity contribution in [3.05, 3.63) is 57.9 Å². The van der Waals surface area contributed by atoms with Crippen molar-refractivity contribution in [3.8, 4) is 16.9 Å². The van der Waals surface area contributed by atoms with Crippen LogP contribution in [0, 0.1) is 0 Å². The number of benzene rings is 1. The second kappa shape index (κ2) is 4.99. The van der Waals surface area contributed by atoms with E-state index in [1.807, 2.05) is 41.8 Å². The van der Waals surface area contributed by atoms with Crippen LogP contribution in [0.1, 0.15) is 10.4 Å². The number of rotatable bonds is 3. The summed E-state index contributed by atoms with van der Waals surface area (Å²) in [5.41, 5.74) is 2.99. The first-order valence-corrected chi connectivity index (χ1v) is 6.88. The predicted molar refractivity (Wildman–Crippen MR) is 77.3 cm³/mol. The number of carbonyl (C=O) groups excluding carboxylic acids is 1. The fourth-order valence-corrected chi connectivity index (χ4v) is 2.71. The van der Waals surface area contributed by atoms with Gasteiger partial charge >= 0.3 is 0 Å². The number of nitrogens with zero attached hydrogens (tertiary/aromatic N) is 2. The minimum atomic E-state index is 0.554. The Bertz CT molecular complexity index is 718. The Labute approximate surface area is 119 Å². The molecule has 3 aromatic rings. The first-order chi connectivity index (χ1) is 9.28. The number of halogens is 1. The molecular formula is C14H9ClN2OS. The SMILES string of the molecule is O=Cc1cn(-c2ccccc2)nc1-c1csc(Cl)c1. The maximum Gasteiger partial charge on any atom is 0.153 e. The largest absolute Gasteiger partial charge is 0.298 e. The fraction of sp³-hybridized carbons (Fsp3) is 0. The topological polar surface area (TPSA) is 34.9 Å². The summed E-state index contributed by atoms with van der Waals surface area (Å²) in [4.78, 5) is 11.2. The van der Waals surface area contributed by atoms with Crippen molar-refractivity contribution in [3.63, 3.8) is 0 Å². The van der Waals surface area contributed by atoms with E-state index in [0.717, 1.165) is 17.5 Å². The van der Waals surface area contributed by atoms with Gasteiger partial charge in [-0.2, -0.15) is 5.10 Å². The van der Waals surface area contributed by atoms with Crippen molar-refractivity contribution in [2.24, 2.45) is 0 Å². The first kappa shape index (κ1) is 12.1. The molecule has 1 aromatic carbocycles. The molecule has 0 unspecified atom stereocenters. The van der Waals surface area contributed by atoms with Crippen LogP contribution in [0.15, 0.2) is 48.0 Å². The molecule has 0 aliphatic carbocycles. The van der Waals surface area contributed by atoms with Crippen molar-refractivity contribution in [1.29, 1.82) is 0 Å². The molecule has 0 bridgehead atoms. The van der Waals surface area contributed by atoms with Crippen LogP contribution in [-0.4, -0.2) is 16.1 Å². The van der Waals surface area contributed by atoms with E-state index in [1.165, 1.54) is 11.3 Å². The monoisotopic (exact) mass is 288 g/mol. The highest BCUT2D eigenvalue weighted by Gasteiger charge is 2.12. The molecule has 5 heteroatoms. The van der Waals surface area contributed by atoms with Crippen LogP contribution in [0.3, 0.4) is 0 Å². The van der Waals surface area contributed by atoms with E-state index in [1.54, 1.807) is 10.9 Å². The molecule has 0 N–H and O–H groups in total. The number of hydrogen-bond donors (Lipinski definition) is 0. The molecule has 3 rings (SSSR count). The van der Waals surface area contributed by atoms with Gasteiger partial charge in [-0.15, -0.1) is 11.3 Å². The Hall–Kier alpha value is -1.91. The summed E-state index contributed by atoms with van der Waals surface area (Å²) in [6.07, 6.45) is 2.54. The van der Waals surface area contributed by atoms with Crippen molar-refractivity contribution in [1.82, 2.24) is 9.78 Å². The molecule has 0 saturated heterocycles. The third-order valence-corrected chi connectivity index (χ3v) is 3.82. The molecule has 0 spiro atoms. The van der Waals surface area contributed by atoms with Crippen molar-refractivity contribution < 1.29 is 4.79 Å². The first-order valence-electron chi connectivity index (χ1n) is 5.62. The standard InChI is InChI=1S/C14H9ClN2OS/c15-13-6-10(9-19-13)14-11(8-18)7-17(16-14)12-4-2-1-3-5-12/h1-9H. The van der Waals surface area contributed by atoms with Gasteiger partial charge < -0.3 is 0 Å². The van der Waals surface area contributed by atoms with Gasteiger partial charge in [0, 0.05) is 17.1 Å². The van der Waals surface area contributed by atoms with Crippen LogP contribution in [0.5, 0.6) is 0 Å². The molecule has 19 heavy (non-hydrogen) atoms. The van der Waals surface area contributed by atoms with E-state index in [4.69, 9.17) is 11.6 Å². The summed E-state index contributed by atoms with van der Waals surface area (Å²) < 4.78 is 2.38. The van der Waals surface area contributed by atoms with Gasteiger partial charge in [0.25, 0.3) is 0 Å². The third kappa shape index (κ3) is 2.32. The Balaban J connectivity index is 2.11.